The van der Waals surface area contributed by atoms with Crippen LogP contribution in [0, 0.1) is 5.41 Å². The number of carboxylic acids is 1. The summed E-state index contributed by atoms with van der Waals surface area (Å²) in [4.78, 5) is 25.2. The van der Waals surface area contributed by atoms with Gasteiger partial charge in [0, 0.05) is 42.3 Å². The van der Waals surface area contributed by atoms with Gasteiger partial charge < -0.3 is 25.0 Å². The molecule has 2 aromatic heterocycles. The van der Waals surface area contributed by atoms with Crippen LogP contribution in [0.4, 0.5) is 24.7 Å². The predicted octanol–water partition coefficient (Wildman–Crippen LogP) is 4.91. The first-order chi connectivity index (χ1) is 18.0. The van der Waals surface area contributed by atoms with Crippen LogP contribution < -0.4 is 15.0 Å². The molecule has 3 heterocycles. The number of halogens is 3. The quantitative estimate of drug-likeness (QED) is 0.389. The van der Waals surface area contributed by atoms with Crippen molar-refractivity contribution in [2.45, 2.75) is 37.9 Å². The fraction of sp³-hybridized carbons (Fsp3) is 0.500. The molecule has 2 aliphatic rings. The highest BCUT2D eigenvalue weighted by molar-refractivity contribution is 7.18. The smallest absolute Gasteiger partial charge is 0.393 e. The van der Waals surface area contributed by atoms with Gasteiger partial charge in [0.15, 0.2) is 0 Å². The van der Waals surface area contributed by atoms with Gasteiger partial charge in [0.1, 0.15) is 34.9 Å². The van der Waals surface area contributed by atoms with E-state index in [1.807, 2.05) is 19.0 Å². The van der Waals surface area contributed by atoms with E-state index in [9.17, 15) is 23.1 Å². The summed E-state index contributed by atoms with van der Waals surface area (Å²) in [5.74, 6) is 0.0237. The Kier molecular flexibility index (Phi) is 7.12. The van der Waals surface area contributed by atoms with Gasteiger partial charge in [-0.15, -0.1) is 11.3 Å². The summed E-state index contributed by atoms with van der Waals surface area (Å²) in [5, 5.41) is 13.7. The van der Waals surface area contributed by atoms with Gasteiger partial charge in [0.25, 0.3) is 0 Å². The maximum atomic E-state index is 12.9. The summed E-state index contributed by atoms with van der Waals surface area (Å²) in [6.07, 6.45) is -0.919. The number of nitrogens with one attached hydrogen (secondary N) is 1. The molecule has 8 nitrogen and oxygen atoms in total. The molecule has 1 saturated heterocycles. The molecule has 0 radical (unpaired) electrons. The Bertz CT molecular complexity index is 1320. The van der Waals surface area contributed by atoms with Crippen LogP contribution in [-0.2, 0) is 6.42 Å². The molecule has 0 atom stereocenters. The lowest BCUT2D eigenvalue weighted by Crippen LogP contribution is -2.46. The monoisotopic (exact) mass is 549 g/mol. The highest BCUT2D eigenvalue weighted by Crippen LogP contribution is 2.50. The molecule has 12 heteroatoms. The van der Waals surface area contributed by atoms with E-state index >= 15 is 0 Å². The molecule has 1 aliphatic carbocycles. The molecule has 3 aromatic rings. The van der Waals surface area contributed by atoms with Gasteiger partial charge in [0.2, 0.25) is 0 Å². The first-order valence-corrected chi connectivity index (χ1v) is 13.3. The number of carboxylic acid groups (broad SMARTS) is 1. The first kappa shape index (κ1) is 26.5. The van der Waals surface area contributed by atoms with Crippen LogP contribution >= 0.6 is 11.3 Å². The highest BCUT2D eigenvalue weighted by atomic mass is 32.1. The van der Waals surface area contributed by atoms with Crippen molar-refractivity contribution in [2.75, 3.05) is 50.6 Å². The summed E-state index contributed by atoms with van der Waals surface area (Å²) in [7, 11) is 3.85. The number of anilines is 2. The second-order valence-corrected chi connectivity index (χ2v) is 11.6. The van der Waals surface area contributed by atoms with E-state index in [4.69, 9.17) is 4.74 Å². The standard InChI is InChI=1S/C26H30F3N5O3S/c1-33(2)7-8-37-21-9-16(3-4-19(21)24(35)36)32-17-11-25(12-17)5-6-34(14-25)22-20-10-18(13-26(27,28)29)38-23(20)31-15-30-22/h3-4,9-10,15,17,32H,5-8,11-14H2,1-2H3,(H,35,36). The Balaban J connectivity index is 1.22. The van der Waals surface area contributed by atoms with Gasteiger partial charge >= 0.3 is 12.1 Å². The normalized spacial score (nSPS) is 21.3. The van der Waals surface area contributed by atoms with Crippen LogP contribution in [0.25, 0.3) is 10.2 Å². The zero-order valence-electron chi connectivity index (χ0n) is 21.2. The van der Waals surface area contributed by atoms with Crippen LogP contribution in [-0.4, -0.2) is 78.5 Å². The summed E-state index contributed by atoms with van der Waals surface area (Å²) in [6, 6.07) is 6.90. The van der Waals surface area contributed by atoms with Crippen molar-refractivity contribution in [3.05, 3.63) is 41.0 Å². The molecule has 1 saturated carbocycles. The lowest BCUT2D eigenvalue weighted by atomic mass is 9.65. The van der Waals surface area contributed by atoms with Gasteiger partial charge in [-0.05, 0) is 57.0 Å². The third-order valence-corrected chi connectivity index (χ3v) is 8.25. The Labute approximate surface area is 222 Å². The van der Waals surface area contributed by atoms with E-state index < -0.39 is 18.6 Å². The minimum atomic E-state index is -4.26. The predicted molar refractivity (Wildman–Crippen MR) is 141 cm³/mol. The molecular weight excluding hydrogens is 519 g/mol. The molecule has 0 unspecified atom stereocenters. The number of thiophene rings is 1. The van der Waals surface area contributed by atoms with Crippen LogP contribution in [0.1, 0.15) is 34.5 Å². The summed E-state index contributed by atoms with van der Waals surface area (Å²) >= 11 is 1.07. The van der Waals surface area contributed by atoms with Crippen molar-refractivity contribution in [3.8, 4) is 5.75 Å². The number of hydrogen-bond acceptors (Lipinski definition) is 8. The summed E-state index contributed by atoms with van der Waals surface area (Å²) in [5.41, 5.74) is 1.07. The molecule has 0 amide bonds. The Morgan fingerprint density at radius 1 is 1.29 bits per heavy atom. The number of carbonyl (C=O) groups is 1. The Hall–Kier alpha value is -3.12. The second-order valence-electron chi connectivity index (χ2n) is 10.5. The minimum Gasteiger partial charge on any atom is -0.491 e. The Morgan fingerprint density at radius 3 is 2.79 bits per heavy atom. The molecule has 38 heavy (non-hydrogen) atoms. The van der Waals surface area contributed by atoms with Crippen molar-refractivity contribution >= 4 is 39.0 Å². The number of hydrogen-bond donors (Lipinski definition) is 2. The number of alkyl halides is 3. The molecule has 2 fully saturated rings. The van der Waals surface area contributed by atoms with Crippen LogP contribution in [0.2, 0.25) is 0 Å². The van der Waals surface area contributed by atoms with Crippen LogP contribution in [0.5, 0.6) is 5.75 Å². The average molecular weight is 550 g/mol. The van der Waals surface area contributed by atoms with Gasteiger partial charge in [-0.3, -0.25) is 0 Å². The molecule has 1 aromatic carbocycles. The molecule has 1 spiro atoms. The van der Waals surface area contributed by atoms with Gasteiger partial charge in [-0.2, -0.15) is 13.2 Å². The second kappa shape index (κ2) is 10.2. The highest BCUT2D eigenvalue weighted by Gasteiger charge is 2.49. The number of ether oxygens (including phenoxy) is 1. The van der Waals surface area contributed by atoms with Crippen molar-refractivity contribution in [1.82, 2.24) is 14.9 Å². The molecule has 0 bridgehead atoms. The summed E-state index contributed by atoms with van der Waals surface area (Å²) in [6.45, 7) is 2.64. The lowest BCUT2D eigenvalue weighted by molar-refractivity contribution is -0.126. The fourth-order valence-corrected chi connectivity index (χ4v) is 6.47. The number of benzene rings is 1. The van der Waals surface area contributed by atoms with E-state index in [-0.39, 0.29) is 21.9 Å². The van der Waals surface area contributed by atoms with E-state index in [1.165, 1.54) is 6.33 Å². The third-order valence-electron chi connectivity index (χ3n) is 7.21. The van der Waals surface area contributed by atoms with Crippen molar-refractivity contribution in [2.24, 2.45) is 5.41 Å². The topological polar surface area (TPSA) is 90.8 Å². The van der Waals surface area contributed by atoms with Crippen molar-refractivity contribution in [1.29, 1.82) is 0 Å². The maximum absolute atomic E-state index is 12.9. The number of likely N-dealkylation sites (N-methyl/N-ethyl adjacent to an activating group) is 1. The molecule has 5 rings (SSSR count). The van der Waals surface area contributed by atoms with Gasteiger partial charge in [-0.25, -0.2) is 14.8 Å². The van der Waals surface area contributed by atoms with E-state index in [1.54, 1.807) is 24.3 Å². The fourth-order valence-electron chi connectivity index (χ4n) is 5.45. The first-order valence-electron chi connectivity index (χ1n) is 12.5. The molecular formula is C26H30F3N5O3S. The maximum Gasteiger partial charge on any atom is 0.393 e. The molecule has 204 valence electrons. The summed E-state index contributed by atoms with van der Waals surface area (Å²) < 4.78 is 44.5. The number of rotatable bonds is 9. The lowest BCUT2D eigenvalue weighted by Gasteiger charge is -2.46. The Morgan fingerprint density at radius 2 is 2.08 bits per heavy atom. The molecule has 2 N–H and O–H groups in total. The van der Waals surface area contributed by atoms with Crippen molar-refractivity contribution < 1.29 is 27.8 Å². The third kappa shape index (κ3) is 5.80. The van der Waals surface area contributed by atoms with E-state index in [0.717, 1.165) is 49.4 Å². The van der Waals surface area contributed by atoms with E-state index in [2.05, 4.69) is 20.2 Å². The van der Waals surface area contributed by atoms with Gasteiger partial charge in [-0.1, -0.05) is 0 Å². The number of fused-ring (bicyclic) bond motifs is 1. The largest absolute Gasteiger partial charge is 0.491 e. The SMILES string of the molecule is CN(C)CCOc1cc(NC2CC3(CCN(c4ncnc5sc(CC(F)(F)F)cc45)C3)C2)ccc1C(=O)O. The number of aromatic nitrogens is 2. The average Bonchev–Trinajstić information content (AvgIpc) is 3.41. The number of nitrogens with zero attached hydrogens (tertiary/aromatic N) is 4. The minimum absolute atomic E-state index is 0.117. The van der Waals surface area contributed by atoms with Crippen LogP contribution in [0.15, 0.2) is 30.6 Å². The van der Waals surface area contributed by atoms with E-state index in [0.29, 0.717) is 34.9 Å². The van der Waals surface area contributed by atoms with Crippen LogP contribution in [0.3, 0.4) is 0 Å². The molecule has 1 aliphatic heterocycles. The van der Waals surface area contributed by atoms with Gasteiger partial charge in [0.05, 0.1) is 11.8 Å². The number of aromatic carboxylic acids is 1. The van der Waals surface area contributed by atoms with Crippen molar-refractivity contribution in [3.63, 3.8) is 0 Å². The zero-order chi connectivity index (χ0) is 27.1. The zero-order valence-corrected chi connectivity index (χ0v) is 22.0.